The fourth-order valence-corrected chi connectivity index (χ4v) is 2.62. The van der Waals surface area contributed by atoms with E-state index < -0.39 is 4.92 Å². The summed E-state index contributed by atoms with van der Waals surface area (Å²) in [5, 5.41) is 11.2. The van der Waals surface area contributed by atoms with Gasteiger partial charge in [0.05, 0.1) is 4.92 Å². The van der Waals surface area contributed by atoms with Crippen LogP contribution in [0.5, 0.6) is 0 Å². The van der Waals surface area contributed by atoms with Crippen molar-refractivity contribution >= 4 is 17.1 Å². The van der Waals surface area contributed by atoms with Crippen molar-refractivity contribution in [3.8, 4) is 0 Å². The molecule has 2 aromatic rings. The molecule has 1 heterocycles. The number of rotatable bonds is 6. The van der Waals surface area contributed by atoms with E-state index >= 15 is 0 Å². The molecular weight excluding hydrogens is 280 g/mol. The summed E-state index contributed by atoms with van der Waals surface area (Å²) in [4.78, 5) is 18.7. The lowest BCUT2D eigenvalue weighted by Crippen LogP contribution is -2.45. The highest BCUT2D eigenvalue weighted by Crippen LogP contribution is 2.29. The molecule has 0 saturated carbocycles. The van der Waals surface area contributed by atoms with Crippen molar-refractivity contribution in [2.75, 3.05) is 23.9 Å². The Kier molecular flexibility index (Phi) is 4.93. The SMILES string of the molecule is CCC(N(C)c1ccccc1)N(C)c1ccncc1[N+](=O)[O-]. The second-order valence-electron chi connectivity index (χ2n) is 5.07. The summed E-state index contributed by atoms with van der Waals surface area (Å²) >= 11 is 0. The highest BCUT2D eigenvalue weighted by Gasteiger charge is 2.24. The lowest BCUT2D eigenvalue weighted by Gasteiger charge is -2.37. The summed E-state index contributed by atoms with van der Waals surface area (Å²) in [6, 6.07) is 11.7. The molecule has 1 aromatic heterocycles. The van der Waals surface area contributed by atoms with E-state index in [0.29, 0.717) is 5.69 Å². The summed E-state index contributed by atoms with van der Waals surface area (Å²) in [5.74, 6) is 0. The average molecular weight is 300 g/mol. The maximum Gasteiger partial charge on any atom is 0.310 e. The molecule has 0 bridgehead atoms. The number of hydrogen-bond donors (Lipinski definition) is 0. The van der Waals surface area contributed by atoms with E-state index in [-0.39, 0.29) is 11.9 Å². The molecule has 116 valence electrons. The third-order valence-electron chi connectivity index (χ3n) is 3.78. The van der Waals surface area contributed by atoms with Crippen molar-refractivity contribution in [3.05, 3.63) is 58.9 Å². The molecule has 0 saturated heterocycles. The molecule has 6 heteroatoms. The van der Waals surface area contributed by atoms with E-state index in [1.807, 2.05) is 49.3 Å². The van der Waals surface area contributed by atoms with Gasteiger partial charge in [-0.25, -0.2) is 0 Å². The standard InChI is InChI=1S/C16H20N4O2/c1-4-16(18(2)13-8-6-5-7-9-13)19(3)14-10-11-17-12-15(14)20(21)22/h5-12,16H,4H2,1-3H3. The third-order valence-corrected chi connectivity index (χ3v) is 3.78. The minimum atomic E-state index is -0.395. The van der Waals surface area contributed by atoms with Crippen molar-refractivity contribution in [2.24, 2.45) is 0 Å². The highest BCUT2D eigenvalue weighted by atomic mass is 16.6. The third kappa shape index (κ3) is 3.16. The first-order valence-electron chi connectivity index (χ1n) is 7.15. The van der Waals surface area contributed by atoms with Gasteiger partial charge in [0.15, 0.2) is 0 Å². The van der Waals surface area contributed by atoms with Gasteiger partial charge < -0.3 is 9.80 Å². The fourth-order valence-electron chi connectivity index (χ4n) is 2.62. The molecule has 0 fully saturated rings. The summed E-state index contributed by atoms with van der Waals surface area (Å²) in [6.45, 7) is 2.06. The number of nitrogens with zero attached hydrogens (tertiary/aromatic N) is 4. The van der Waals surface area contributed by atoms with Crippen molar-refractivity contribution in [3.63, 3.8) is 0 Å². The van der Waals surface area contributed by atoms with Gasteiger partial charge in [-0.05, 0) is 24.6 Å². The molecule has 0 amide bonds. The van der Waals surface area contributed by atoms with Gasteiger partial charge in [0.1, 0.15) is 18.1 Å². The zero-order valence-electron chi connectivity index (χ0n) is 13.0. The van der Waals surface area contributed by atoms with Gasteiger partial charge in [0, 0.05) is 26.0 Å². The van der Waals surface area contributed by atoms with Crippen LogP contribution in [0.25, 0.3) is 0 Å². The van der Waals surface area contributed by atoms with Crippen LogP contribution in [0, 0.1) is 10.1 Å². The quantitative estimate of drug-likeness (QED) is 0.465. The number of nitro groups is 1. The van der Waals surface area contributed by atoms with Gasteiger partial charge in [-0.15, -0.1) is 0 Å². The molecule has 0 spiro atoms. The Bertz CT molecular complexity index is 633. The van der Waals surface area contributed by atoms with E-state index in [1.165, 1.54) is 6.20 Å². The first kappa shape index (κ1) is 15.8. The number of para-hydroxylation sites is 1. The zero-order chi connectivity index (χ0) is 16.1. The highest BCUT2D eigenvalue weighted by molar-refractivity contribution is 5.63. The summed E-state index contributed by atoms with van der Waals surface area (Å²) < 4.78 is 0. The molecule has 22 heavy (non-hydrogen) atoms. The normalized spacial score (nSPS) is 11.8. The van der Waals surface area contributed by atoms with E-state index in [4.69, 9.17) is 0 Å². The number of benzene rings is 1. The van der Waals surface area contributed by atoms with Gasteiger partial charge >= 0.3 is 5.69 Å². The van der Waals surface area contributed by atoms with Crippen LogP contribution in [0.1, 0.15) is 13.3 Å². The Hall–Kier alpha value is -2.63. The van der Waals surface area contributed by atoms with Crippen LogP contribution in [0.4, 0.5) is 17.1 Å². The van der Waals surface area contributed by atoms with E-state index in [9.17, 15) is 10.1 Å². The van der Waals surface area contributed by atoms with Crippen molar-refractivity contribution in [1.82, 2.24) is 4.98 Å². The Balaban J connectivity index is 2.33. The lowest BCUT2D eigenvalue weighted by atomic mass is 10.2. The molecule has 1 aromatic carbocycles. The van der Waals surface area contributed by atoms with Crippen LogP contribution in [-0.4, -0.2) is 30.2 Å². The predicted molar refractivity (Wildman–Crippen MR) is 88.2 cm³/mol. The maximum atomic E-state index is 11.2. The molecule has 0 aliphatic heterocycles. The molecule has 2 rings (SSSR count). The van der Waals surface area contributed by atoms with Crippen LogP contribution >= 0.6 is 0 Å². The Morgan fingerprint density at radius 3 is 2.45 bits per heavy atom. The molecule has 0 N–H and O–H groups in total. The molecule has 0 radical (unpaired) electrons. The number of anilines is 2. The smallest absolute Gasteiger partial charge is 0.310 e. The number of aromatic nitrogens is 1. The van der Waals surface area contributed by atoms with Crippen LogP contribution in [0.3, 0.4) is 0 Å². The van der Waals surface area contributed by atoms with Crippen LogP contribution in [0.15, 0.2) is 48.8 Å². The maximum absolute atomic E-state index is 11.2. The Labute approximate surface area is 130 Å². The van der Waals surface area contributed by atoms with Gasteiger partial charge in [-0.1, -0.05) is 25.1 Å². The number of hydrogen-bond acceptors (Lipinski definition) is 5. The molecular formula is C16H20N4O2. The second-order valence-corrected chi connectivity index (χ2v) is 5.07. The Morgan fingerprint density at radius 2 is 1.86 bits per heavy atom. The molecule has 1 unspecified atom stereocenters. The van der Waals surface area contributed by atoms with Crippen molar-refractivity contribution in [1.29, 1.82) is 0 Å². The molecule has 0 aliphatic carbocycles. The summed E-state index contributed by atoms with van der Waals surface area (Å²) in [5.41, 5.74) is 1.65. The van der Waals surface area contributed by atoms with Gasteiger partial charge in [-0.2, -0.15) is 0 Å². The Morgan fingerprint density at radius 1 is 1.18 bits per heavy atom. The van der Waals surface area contributed by atoms with E-state index in [0.717, 1.165) is 12.1 Å². The summed E-state index contributed by atoms with van der Waals surface area (Å²) in [7, 11) is 3.86. The zero-order valence-corrected chi connectivity index (χ0v) is 13.0. The minimum Gasteiger partial charge on any atom is -0.354 e. The van der Waals surface area contributed by atoms with Gasteiger partial charge in [-0.3, -0.25) is 15.1 Å². The van der Waals surface area contributed by atoms with Crippen molar-refractivity contribution < 1.29 is 4.92 Å². The monoisotopic (exact) mass is 300 g/mol. The van der Waals surface area contributed by atoms with Gasteiger partial charge in [0.25, 0.3) is 0 Å². The van der Waals surface area contributed by atoms with Crippen LogP contribution in [0.2, 0.25) is 0 Å². The number of pyridine rings is 1. The summed E-state index contributed by atoms with van der Waals surface area (Å²) in [6.07, 6.45) is 3.69. The molecule has 6 nitrogen and oxygen atoms in total. The van der Waals surface area contributed by atoms with E-state index in [1.54, 1.807) is 12.3 Å². The second kappa shape index (κ2) is 6.89. The fraction of sp³-hybridized carbons (Fsp3) is 0.312. The van der Waals surface area contributed by atoms with Crippen LogP contribution in [-0.2, 0) is 0 Å². The first-order chi connectivity index (χ1) is 10.6. The van der Waals surface area contributed by atoms with Crippen molar-refractivity contribution in [2.45, 2.75) is 19.5 Å². The largest absolute Gasteiger partial charge is 0.354 e. The van der Waals surface area contributed by atoms with E-state index in [2.05, 4.69) is 16.8 Å². The molecule has 1 atom stereocenters. The topological polar surface area (TPSA) is 62.5 Å². The van der Waals surface area contributed by atoms with Crippen LogP contribution < -0.4 is 9.80 Å². The average Bonchev–Trinajstić information content (AvgIpc) is 2.56. The van der Waals surface area contributed by atoms with Gasteiger partial charge in [0.2, 0.25) is 0 Å². The molecule has 0 aliphatic rings. The lowest BCUT2D eigenvalue weighted by molar-refractivity contribution is -0.384. The minimum absolute atomic E-state index is 0.00324. The predicted octanol–water partition coefficient (Wildman–Crippen LogP) is 3.30. The first-order valence-corrected chi connectivity index (χ1v) is 7.15.